The molecule has 1 unspecified atom stereocenters. The molecule has 29 heavy (non-hydrogen) atoms. The highest BCUT2D eigenvalue weighted by Crippen LogP contribution is 2.49. The lowest BCUT2D eigenvalue weighted by Crippen LogP contribution is -2.42. The first-order chi connectivity index (χ1) is 13.9. The number of nitrogen functional groups attached to an aromatic ring is 1. The second-order valence-corrected chi connectivity index (χ2v) is 8.19. The molecule has 0 spiro atoms. The molecule has 2 aromatic heterocycles. The van der Waals surface area contributed by atoms with Crippen LogP contribution >= 0.6 is 7.82 Å². The van der Waals surface area contributed by atoms with Gasteiger partial charge in [-0.05, 0) is 36.6 Å². The maximum absolute atomic E-state index is 12.9. The molecule has 1 saturated carbocycles. The van der Waals surface area contributed by atoms with E-state index < -0.39 is 13.6 Å². The topological polar surface area (TPSA) is 146 Å². The Labute approximate surface area is 164 Å². The number of benzene rings is 1. The number of aromatic nitrogens is 4. The van der Waals surface area contributed by atoms with Crippen molar-refractivity contribution in [1.82, 2.24) is 19.5 Å². The number of aliphatic hydroxyl groups excluding tert-OH is 1. The van der Waals surface area contributed by atoms with Crippen LogP contribution in [0.3, 0.4) is 0 Å². The smallest absolute Gasteiger partial charge is 0.404 e. The van der Waals surface area contributed by atoms with Crippen molar-refractivity contribution in [1.29, 1.82) is 0 Å². The Morgan fingerprint density at radius 2 is 2.07 bits per heavy atom. The third-order valence-electron chi connectivity index (χ3n) is 5.03. The molecule has 0 amide bonds. The third kappa shape index (κ3) is 4.08. The molecule has 1 fully saturated rings. The Morgan fingerprint density at radius 1 is 1.31 bits per heavy atom. The van der Waals surface area contributed by atoms with E-state index in [4.69, 9.17) is 14.8 Å². The predicted octanol–water partition coefficient (Wildman–Crippen LogP) is 1.91. The maximum Gasteiger partial charge on any atom is 0.527 e. The summed E-state index contributed by atoms with van der Waals surface area (Å²) in [4.78, 5) is 22.2. The summed E-state index contributed by atoms with van der Waals surface area (Å²) in [6.45, 7) is -0.228. The minimum Gasteiger partial charge on any atom is -0.404 e. The molecule has 3 aromatic rings. The number of halogens is 1. The van der Waals surface area contributed by atoms with Crippen LogP contribution in [-0.4, -0.2) is 42.7 Å². The zero-order valence-corrected chi connectivity index (χ0v) is 16.0. The van der Waals surface area contributed by atoms with E-state index in [1.807, 2.05) is 4.57 Å². The molecule has 1 aromatic carbocycles. The standard InChI is InChI=1S/C17H19FN5O5P/c18-11-1-3-12(4-2-11)28-29(25,26)27-8-10-5-15(13(10)7-24)23-9-21-14-6-20-17(19)22-16(14)23/h1-4,6,9-10,13,15,24H,5,7-8H2,(H,25,26)(H2,19,20,22)/t10-,13-,15-/m1/s1. The minimum atomic E-state index is -4.39. The van der Waals surface area contributed by atoms with Crippen molar-refractivity contribution in [2.75, 3.05) is 18.9 Å². The molecule has 154 valence electrons. The molecular weight excluding hydrogens is 404 g/mol. The number of phosphoric ester groups is 1. The zero-order valence-electron chi connectivity index (χ0n) is 15.1. The lowest BCUT2D eigenvalue weighted by molar-refractivity contribution is -0.00487. The van der Waals surface area contributed by atoms with Gasteiger partial charge in [0.05, 0.1) is 19.1 Å². The van der Waals surface area contributed by atoms with Gasteiger partial charge in [-0.25, -0.2) is 18.9 Å². The summed E-state index contributed by atoms with van der Waals surface area (Å²) in [5.41, 5.74) is 6.80. The first-order valence-corrected chi connectivity index (χ1v) is 10.3. The van der Waals surface area contributed by atoms with E-state index in [-0.39, 0.29) is 42.8 Å². The molecule has 1 aliphatic carbocycles. The van der Waals surface area contributed by atoms with Crippen LogP contribution in [0.4, 0.5) is 10.3 Å². The normalized spacial score (nSPS) is 23.5. The Bertz CT molecular complexity index is 1060. The van der Waals surface area contributed by atoms with Crippen LogP contribution in [0, 0.1) is 17.7 Å². The van der Waals surface area contributed by atoms with Crippen LogP contribution in [0.25, 0.3) is 11.2 Å². The number of hydrogen-bond donors (Lipinski definition) is 3. The van der Waals surface area contributed by atoms with Gasteiger partial charge in [-0.15, -0.1) is 0 Å². The largest absolute Gasteiger partial charge is 0.527 e. The van der Waals surface area contributed by atoms with Gasteiger partial charge in [0.2, 0.25) is 5.95 Å². The average molecular weight is 423 g/mol. The fraction of sp³-hybridized carbons (Fsp3) is 0.353. The highest BCUT2D eigenvalue weighted by atomic mass is 31.2. The Kier molecular flexibility index (Phi) is 5.22. The lowest BCUT2D eigenvalue weighted by atomic mass is 9.70. The molecule has 10 nitrogen and oxygen atoms in total. The first-order valence-electron chi connectivity index (χ1n) is 8.84. The Hall–Kier alpha value is -2.59. The molecule has 0 aliphatic heterocycles. The number of aliphatic hydroxyl groups is 1. The van der Waals surface area contributed by atoms with Crippen molar-refractivity contribution in [3.05, 3.63) is 42.6 Å². The second-order valence-electron chi connectivity index (χ2n) is 6.81. The van der Waals surface area contributed by atoms with Crippen molar-refractivity contribution in [2.45, 2.75) is 12.5 Å². The molecule has 1 aliphatic rings. The van der Waals surface area contributed by atoms with E-state index in [9.17, 15) is 19.0 Å². The van der Waals surface area contributed by atoms with E-state index in [0.29, 0.717) is 17.6 Å². The Morgan fingerprint density at radius 3 is 2.79 bits per heavy atom. The summed E-state index contributed by atoms with van der Waals surface area (Å²) in [6.07, 6.45) is 3.71. The monoisotopic (exact) mass is 423 g/mol. The molecule has 0 radical (unpaired) electrons. The summed E-state index contributed by atoms with van der Waals surface area (Å²) >= 11 is 0. The van der Waals surface area contributed by atoms with E-state index in [1.54, 1.807) is 6.33 Å². The summed E-state index contributed by atoms with van der Waals surface area (Å²) in [5, 5.41) is 9.80. The van der Waals surface area contributed by atoms with Crippen molar-refractivity contribution >= 4 is 24.9 Å². The van der Waals surface area contributed by atoms with Gasteiger partial charge in [0.15, 0.2) is 5.65 Å². The molecule has 12 heteroatoms. The molecule has 2 heterocycles. The van der Waals surface area contributed by atoms with Crippen LogP contribution in [0.1, 0.15) is 12.5 Å². The number of imidazole rings is 1. The van der Waals surface area contributed by atoms with Gasteiger partial charge >= 0.3 is 7.82 Å². The highest BCUT2D eigenvalue weighted by molar-refractivity contribution is 7.47. The maximum atomic E-state index is 12.9. The van der Waals surface area contributed by atoms with Crippen LogP contribution in [-0.2, 0) is 9.09 Å². The fourth-order valence-electron chi connectivity index (χ4n) is 3.49. The number of fused-ring (bicyclic) bond motifs is 1. The quantitative estimate of drug-likeness (QED) is 0.485. The van der Waals surface area contributed by atoms with Gasteiger partial charge < -0.3 is 19.9 Å². The summed E-state index contributed by atoms with van der Waals surface area (Å²) in [7, 11) is -4.39. The van der Waals surface area contributed by atoms with Gasteiger partial charge in [-0.2, -0.15) is 4.98 Å². The van der Waals surface area contributed by atoms with Gasteiger partial charge in [-0.1, -0.05) is 0 Å². The van der Waals surface area contributed by atoms with Crippen molar-refractivity contribution in [3.63, 3.8) is 0 Å². The summed E-state index contributed by atoms with van der Waals surface area (Å²) in [5.74, 6) is -0.743. The number of nitrogens with zero attached hydrogens (tertiary/aromatic N) is 4. The van der Waals surface area contributed by atoms with E-state index in [0.717, 1.165) is 12.1 Å². The third-order valence-corrected chi connectivity index (χ3v) is 5.95. The zero-order chi connectivity index (χ0) is 20.6. The SMILES string of the molecule is Nc1ncc2ncn([C@@H]3C[C@H](COP(=O)(O)Oc4ccc(F)cc4)[C@H]3CO)c2n1. The summed E-state index contributed by atoms with van der Waals surface area (Å²) in [6, 6.07) is 4.58. The van der Waals surface area contributed by atoms with Crippen LogP contribution in [0.15, 0.2) is 36.8 Å². The minimum absolute atomic E-state index is 0.0181. The number of anilines is 1. The predicted molar refractivity (Wildman–Crippen MR) is 100 cm³/mol. The van der Waals surface area contributed by atoms with Crippen molar-refractivity contribution < 1.29 is 28.0 Å². The van der Waals surface area contributed by atoms with Gasteiger partial charge in [-0.3, -0.25) is 9.42 Å². The van der Waals surface area contributed by atoms with Crippen molar-refractivity contribution in [2.24, 2.45) is 11.8 Å². The number of hydrogen-bond acceptors (Lipinski definition) is 8. The highest BCUT2D eigenvalue weighted by Gasteiger charge is 2.43. The molecule has 0 saturated heterocycles. The second kappa shape index (κ2) is 7.68. The number of phosphoric acid groups is 1. The molecule has 0 bridgehead atoms. The fourth-order valence-corrected chi connectivity index (χ4v) is 4.31. The van der Waals surface area contributed by atoms with Gasteiger partial charge in [0.1, 0.15) is 17.1 Å². The number of nitrogens with two attached hydrogens (primary N) is 1. The van der Waals surface area contributed by atoms with Gasteiger partial charge in [0, 0.05) is 18.6 Å². The molecule has 4 N–H and O–H groups in total. The Balaban J connectivity index is 1.40. The van der Waals surface area contributed by atoms with Crippen LogP contribution in [0.2, 0.25) is 0 Å². The van der Waals surface area contributed by atoms with Crippen LogP contribution in [0.5, 0.6) is 5.75 Å². The van der Waals surface area contributed by atoms with E-state index >= 15 is 0 Å². The van der Waals surface area contributed by atoms with Crippen molar-refractivity contribution in [3.8, 4) is 5.75 Å². The average Bonchev–Trinajstić information content (AvgIpc) is 3.05. The van der Waals surface area contributed by atoms with E-state index in [1.165, 1.54) is 18.3 Å². The first kappa shape index (κ1) is 19.7. The lowest BCUT2D eigenvalue weighted by Gasteiger charge is -2.44. The van der Waals surface area contributed by atoms with E-state index in [2.05, 4.69) is 15.0 Å². The number of rotatable bonds is 7. The summed E-state index contributed by atoms with van der Waals surface area (Å²) < 4.78 is 36.9. The molecule has 4 atom stereocenters. The molecular formula is C17H19FN5O5P. The van der Waals surface area contributed by atoms with Gasteiger partial charge in [0.25, 0.3) is 0 Å². The molecule has 4 rings (SSSR count). The van der Waals surface area contributed by atoms with Crippen LogP contribution < -0.4 is 10.3 Å².